The van der Waals surface area contributed by atoms with Gasteiger partial charge in [0.1, 0.15) is 0 Å². The van der Waals surface area contributed by atoms with E-state index in [1.807, 2.05) is 6.07 Å². The third-order valence-corrected chi connectivity index (χ3v) is 5.47. The van der Waals surface area contributed by atoms with E-state index >= 15 is 0 Å². The molecule has 0 aliphatic heterocycles. The van der Waals surface area contributed by atoms with E-state index < -0.39 is 0 Å². The lowest BCUT2D eigenvalue weighted by atomic mass is 9.94. The maximum absolute atomic E-state index is 3.54. The molecule has 0 heterocycles. The first kappa shape index (κ1) is 18.9. The van der Waals surface area contributed by atoms with Crippen molar-refractivity contribution in [3.63, 3.8) is 0 Å². The molecule has 1 nitrogen and oxygen atoms in total. The highest BCUT2D eigenvalue weighted by atomic mass is 14.9. The van der Waals surface area contributed by atoms with Crippen LogP contribution in [0.1, 0.15) is 0 Å². The highest BCUT2D eigenvalue weighted by Gasteiger charge is 2.07. The highest BCUT2D eigenvalue weighted by Crippen LogP contribution is 2.33. The first-order valence-electron chi connectivity index (χ1n) is 10.5. The molecule has 1 heteroatoms. The van der Waals surface area contributed by atoms with Gasteiger partial charge >= 0.3 is 0 Å². The molecule has 5 rings (SSSR count). The largest absolute Gasteiger partial charge is 0.356 e. The third-order valence-electron chi connectivity index (χ3n) is 5.47. The van der Waals surface area contributed by atoms with E-state index in [0.29, 0.717) is 0 Å². The van der Waals surface area contributed by atoms with Crippen molar-refractivity contribution in [2.45, 2.75) is 0 Å². The zero-order valence-corrected chi connectivity index (χ0v) is 17.2. The van der Waals surface area contributed by atoms with Crippen molar-refractivity contribution in [1.29, 1.82) is 0 Å². The Morgan fingerprint density at radius 1 is 0.323 bits per heavy atom. The molecule has 0 unspecified atom stereocenters. The number of nitrogens with one attached hydrogen (secondary N) is 1. The summed E-state index contributed by atoms with van der Waals surface area (Å²) in [5, 5.41) is 3.54. The van der Waals surface area contributed by atoms with Gasteiger partial charge < -0.3 is 5.32 Å². The van der Waals surface area contributed by atoms with Crippen molar-refractivity contribution in [2.24, 2.45) is 0 Å². The van der Waals surface area contributed by atoms with Gasteiger partial charge in [0.05, 0.1) is 0 Å². The average molecular weight is 398 g/mol. The second-order valence-electron chi connectivity index (χ2n) is 7.56. The lowest BCUT2D eigenvalue weighted by Crippen LogP contribution is -1.91. The van der Waals surface area contributed by atoms with E-state index in [-0.39, 0.29) is 0 Å². The fourth-order valence-electron chi connectivity index (χ4n) is 3.91. The van der Waals surface area contributed by atoms with Gasteiger partial charge in [-0.15, -0.1) is 0 Å². The van der Waals surface area contributed by atoms with Gasteiger partial charge in [-0.3, -0.25) is 0 Å². The molecule has 0 bridgehead atoms. The summed E-state index contributed by atoms with van der Waals surface area (Å²) in [4.78, 5) is 0. The number of anilines is 2. The summed E-state index contributed by atoms with van der Waals surface area (Å²) in [5.41, 5.74) is 9.52. The fraction of sp³-hybridized carbons (Fsp3) is 0. The summed E-state index contributed by atoms with van der Waals surface area (Å²) in [6, 6.07) is 46.8. The first-order valence-corrected chi connectivity index (χ1v) is 10.5. The Morgan fingerprint density at radius 3 is 1.48 bits per heavy atom. The summed E-state index contributed by atoms with van der Waals surface area (Å²) in [6.07, 6.45) is 0. The number of benzene rings is 5. The monoisotopic (exact) mass is 397 g/mol. The Kier molecular flexibility index (Phi) is 5.32. The Hall–Kier alpha value is -4.10. The minimum absolute atomic E-state index is 1.08. The Balaban J connectivity index is 1.40. The van der Waals surface area contributed by atoms with Crippen LogP contribution in [0.25, 0.3) is 33.4 Å². The van der Waals surface area contributed by atoms with Crippen LogP contribution in [-0.4, -0.2) is 0 Å². The molecule has 0 saturated heterocycles. The van der Waals surface area contributed by atoms with E-state index in [0.717, 1.165) is 11.4 Å². The predicted octanol–water partition coefficient (Wildman–Crippen LogP) is 8.43. The quantitative estimate of drug-likeness (QED) is 0.314. The van der Waals surface area contributed by atoms with Gasteiger partial charge in [-0.05, 0) is 57.6 Å². The molecule has 0 amide bonds. The lowest BCUT2D eigenvalue weighted by Gasteiger charge is -2.12. The molecule has 0 saturated carbocycles. The summed E-state index contributed by atoms with van der Waals surface area (Å²) < 4.78 is 0. The molecule has 0 aromatic heterocycles. The Bertz CT molecular complexity index is 1270. The minimum Gasteiger partial charge on any atom is -0.356 e. The standard InChI is InChI=1S/C30H23N/c1-3-10-23(11-4-1)26-14-9-15-28(22-26)31-27-20-18-25(19-21-27)30-17-8-7-16-29(30)24-12-5-2-6-13-24/h1-22,31H. The zero-order valence-electron chi connectivity index (χ0n) is 17.2. The van der Waals surface area contributed by atoms with E-state index in [1.54, 1.807) is 0 Å². The van der Waals surface area contributed by atoms with Gasteiger partial charge in [0, 0.05) is 11.4 Å². The second-order valence-corrected chi connectivity index (χ2v) is 7.56. The lowest BCUT2D eigenvalue weighted by molar-refractivity contribution is 1.53. The number of hydrogen-bond acceptors (Lipinski definition) is 1. The van der Waals surface area contributed by atoms with Crippen LogP contribution in [0.2, 0.25) is 0 Å². The number of rotatable bonds is 5. The van der Waals surface area contributed by atoms with Crippen LogP contribution in [-0.2, 0) is 0 Å². The Morgan fingerprint density at radius 2 is 0.839 bits per heavy atom. The van der Waals surface area contributed by atoms with Crippen LogP contribution < -0.4 is 5.32 Å². The maximum Gasteiger partial charge on any atom is 0.0390 e. The fourth-order valence-corrected chi connectivity index (χ4v) is 3.91. The van der Waals surface area contributed by atoms with Crippen molar-refractivity contribution in [2.75, 3.05) is 5.32 Å². The molecule has 0 aliphatic carbocycles. The number of hydrogen-bond donors (Lipinski definition) is 1. The Labute approximate surface area is 183 Å². The van der Waals surface area contributed by atoms with Gasteiger partial charge in [-0.2, -0.15) is 0 Å². The molecule has 31 heavy (non-hydrogen) atoms. The van der Waals surface area contributed by atoms with Gasteiger partial charge in [-0.25, -0.2) is 0 Å². The molecule has 5 aromatic carbocycles. The molecule has 0 fully saturated rings. The summed E-state index contributed by atoms with van der Waals surface area (Å²) in [7, 11) is 0. The van der Waals surface area contributed by atoms with Crippen LogP contribution in [0.3, 0.4) is 0 Å². The molecular formula is C30H23N. The summed E-state index contributed by atoms with van der Waals surface area (Å²) in [5.74, 6) is 0. The SMILES string of the molecule is c1ccc(-c2cccc(Nc3ccc(-c4ccccc4-c4ccccc4)cc3)c2)cc1. The minimum atomic E-state index is 1.08. The molecule has 0 aliphatic rings. The predicted molar refractivity (Wildman–Crippen MR) is 132 cm³/mol. The molecule has 148 valence electrons. The van der Waals surface area contributed by atoms with E-state index in [2.05, 4.69) is 133 Å². The molecule has 0 atom stereocenters. The third kappa shape index (κ3) is 4.26. The molecule has 1 N–H and O–H groups in total. The van der Waals surface area contributed by atoms with Crippen molar-refractivity contribution >= 4 is 11.4 Å². The van der Waals surface area contributed by atoms with Crippen LogP contribution in [0, 0.1) is 0 Å². The molecule has 5 aromatic rings. The first-order chi connectivity index (χ1) is 15.4. The van der Waals surface area contributed by atoms with Crippen LogP contribution in [0.5, 0.6) is 0 Å². The van der Waals surface area contributed by atoms with Crippen molar-refractivity contribution in [3.8, 4) is 33.4 Å². The van der Waals surface area contributed by atoms with Gasteiger partial charge in [0.25, 0.3) is 0 Å². The van der Waals surface area contributed by atoms with E-state index in [1.165, 1.54) is 33.4 Å². The van der Waals surface area contributed by atoms with Crippen LogP contribution in [0.4, 0.5) is 11.4 Å². The van der Waals surface area contributed by atoms with Crippen molar-refractivity contribution in [1.82, 2.24) is 0 Å². The molecule has 0 radical (unpaired) electrons. The highest BCUT2D eigenvalue weighted by molar-refractivity contribution is 5.84. The van der Waals surface area contributed by atoms with E-state index in [4.69, 9.17) is 0 Å². The topological polar surface area (TPSA) is 12.0 Å². The summed E-state index contributed by atoms with van der Waals surface area (Å²) >= 11 is 0. The average Bonchev–Trinajstić information content (AvgIpc) is 2.86. The zero-order chi connectivity index (χ0) is 20.9. The molecular weight excluding hydrogens is 374 g/mol. The second kappa shape index (κ2) is 8.73. The van der Waals surface area contributed by atoms with Crippen molar-refractivity contribution < 1.29 is 0 Å². The van der Waals surface area contributed by atoms with Crippen LogP contribution in [0.15, 0.2) is 133 Å². The van der Waals surface area contributed by atoms with Crippen molar-refractivity contribution in [3.05, 3.63) is 133 Å². The van der Waals surface area contributed by atoms with Gasteiger partial charge in [0.2, 0.25) is 0 Å². The smallest absolute Gasteiger partial charge is 0.0390 e. The molecule has 0 spiro atoms. The van der Waals surface area contributed by atoms with E-state index in [9.17, 15) is 0 Å². The van der Waals surface area contributed by atoms with Gasteiger partial charge in [-0.1, -0.05) is 109 Å². The van der Waals surface area contributed by atoms with Gasteiger partial charge in [0.15, 0.2) is 0 Å². The summed E-state index contributed by atoms with van der Waals surface area (Å²) in [6.45, 7) is 0. The normalized spacial score (nSPS) is 10.6. The van der Waals surface area contributed by atoms with Crippen LogP contribution >= 0.6 is 0 Å². The maximum atomic E-state index is 3.54.